The number of phenols is 1. The third-order valence-corrected chi connectivity index (χ3v) is 5.52. The third kappa shape index (κ3) is 3.86. The highest BCUT2D eigenvalue weighted by Crippen LogP contribution is 2.46. The van der Waals surface area contributed by atoms with Gasteiger partial charge in [0.1, 0.15) is 0 Å². The Labute approximate surface area is 195 Å². The first-order valence-electron chi connectivity index (χ1n) is 9.63. The Bertz CT molecular complexity index is 1320. The molecule has 0 saturated carbocycles. The van der Waals surface area contributed by atoms with E-state index in [-0.39, 0.29) is 27.8 Å². The second-order valence-electron chi connectivity index (χ2n) is 7.25. The van der Waals surface area contributed by atoms with Crippen LogP contribution in [0.1, 0.15) is 27.7 Å². The standard InChI is InChI=1S/C23H15ClF3NO6/c1-33-16-9-11(8-14(24)19(16)29)18-17(20(30)15-6-3-7-34-15)21(31)22(32)28(18)13-5-2-4-12(10-13)23(25,26)27/h2-10,18,29,31H,1H3. The number of aliphatic hydroxyl groups is 1. The van der Waals surface area contributed by atoms with E-state index in [0.717, 1.165) is 23.1 Å². The molecule has 7 nitrogen and oxygen atoms in total. The Kier molecular flexibility index (Phi) is 5.78. The highest BCUT2D eigenvalue weighted by atomic mass is 35.5. The lowest BCUT2D eigenvalue weighted by molar-refractivity contribution is -0.137. The number of carbonyl (C=O) groups is 2. The molecule has 0 aliphatic carbocycles. The third-order valence-electron chi connectivity index (χ3n) is 5.24. The predicted molar refractivity (Wildman–Crippen MR) is 114 cm³/mol. The van der Waals surface area contributed by atoms with Crippen molar-refractivity contribution in [2.24, 2.45) is 0 Å². The molecule has 2 N–H and O–H groups in total. The van der Waals surface area contributed by atoms with E-state index in [1.54, 1.807) is 0 Å². The summed E-state index contributed by atoms with van der Waals surface area (Å²) in [5.41, 5.74) is -1.63. The van der Waals surface area contributed by atoms with E-state index < -0.39 is 46.6 Å². The van der Waals surface area contributed by atoms with Crippen molar-refractivity contribution in [3.8, 4) is 11.5 Å². The van der Waals surface area contributed by atoms with Crippen molar-refractivity contribution in [2.75, 3.05) is 12.0 Å². The average molecular weight is 494 g/mol. The zero-order chi connectivity index (χ0) is 24.8. The number of nitrogens with zero attached hydrogens (tertiary/aromatic N) is 1. The first-order valence-corrected chi connectivity index (χ1v) is 10.0. The minimum atomic E-state index is -4.71. The Balaban J connectivity index is 1.95. The number of hydrogen-bond acceptors (Lipinski definition) is 6. The van der Waals surface area contributed by atoms with Gasteiger partial charge in [0.25, 0.3) is 5.91 Å². The minimum Gasteiger partial charge on any atom is -0.503 e. The first-order chi connectivity index (χ1) is 16.0. The molecule has 1 unspecified atom stereocenters. The van der Waals surface area contributed by atoms with Crippen LogP contribution < -0.4 is 9.64 Å². The highest BCUT2D eigenvalue weighted by Gasteiger charge is 2.46. The first kappa shape index (κ1) is 23.2. The van der Waals surface area contributed by atoms with E-state index in [1.165, 1.54) is 43.7 Å². The van der Waals surface area contributed by atoms with Crippen LogP contribution in [-0.2, 0) is 11.0 Å². The van der Waals surface area contributed by atoms with Crippen LogP contribution in [0.15, 0.2) is 70.5 Å². The van der Waals surface area contributed by atoms with E-state index in [1.807, 2.05) is 0 Å². The number of rotatable bonds is 5. The molecule has 1 aromatic heterocycles. The molecule has 0 spiro atoms. The van der Waals surface area contributed by atoms with Crippen LogP contribution in [0.5, 0.6) is 11.5 Å². The summed E-state index contributed by atoms with van der Waals surface area (Å²) in [6.07, 6.45) is -3.50. The number of hydrogen-bond donors (Lipinski definition) is 2. The number of aliphatic hydroxyl groups excluding tert-OH is 1. The molecule has 34 heavy (non-hydrogen) atoms. The number of aromatic hydroxyl groups is 1. The molecule has 1 amide bonds. The van der Waals surface area contributed by atoms with Crippen molar-refractivity contribution in [3.05, 3.63) is 88.0 Å². The van der Waals surface area contributed by atoms with Crippen LogP contribution in [-0.4, -0.2) is 29.0 Å². The Hall–Kier alpha value is -3.92. The van der Waals surface area contributed by atoms with Crippen molar-refractivity contribution in [1.29, 1.82) is 0 Å². The quantitative estimate of drug-likeness (QED) is 0.458. The van der Waals surface area contributed by atoms with Crippen molar-refractivity contribution in [3.63, 3.8) is 0 Å². The number of furan rings is 1. The number of anilines is 1. The smallest absolute Gasteiger partial charge is 0.416 e. The monoisotopic (exact) mass is 493 g/mol. The number of Topliss-reactive ketones (excluding diaryl/α,β-unsaturated/α-hetero) is 1. The molecule has 1 aliphatic heterocycles. The number of ether oxygens (including phenoxy) is 1. The molecule has 0 radical (unpaired) electrons. The summed E-state index contributed by atoms with van der Waals surface area (Å²) in [6, 6.07) is 7.64. The maximum Gasteiger partial charge on any atom is 0.416 e. The Morgan fingerprint density at radius 2 is 1.88 bits per heavy atom. The van der Waals surface area contributed by atoms with Gasteiger partial charge in [-0.05, 0) is 48.0 Å². The number of ketones is 1. The van der Waals surface area contributed by atoms with Crippen LogP contribution in [0.3, 0.4) is 0 Å². The summed E-state index contributed by atoms with van der Waals surface area (Å²) in [4.78, 5) is 27.1. The summed E-state index contributed by atoms with van der Waals surface area (Å²) in [7, 11) is 1.24. The lowest BCUT2D eigenvalue weighted by Crippen LogP contribution is -2.31. The number of alkyl halides is 3. The second kappa shape index (κ2) is 8.45. The molecule has 4 rings (SSSR count). The number of carbonyl (C=O) groups excluding carboxylic acids is 2. The number of benzene rings is 2. The van der Waals surface area contributed by atoms with Gasteiger partial charge in [0, 0.05) is 5.69 Å². The molecule has 0 bridgehead atoms. The van der Waals surface area contributed by atoms with Gasteiger partial charge in [-0.2, -0.15) is 13.2 Å². The number of phenolic OH excluding ortho intramolecular Hbond substituents is 1. The fourth-order valence-electron chi connectivity index (χ4n) is 3.70. The zero-order valence-corrected chi connectivity index (χ0v) is 18.0. The van der Waals surface area contributed by atoms with E-state index >= 15 is 0 Å². The van der Waals surface area contributed by atoms with Crippen LogP contribution >= 0.6 is 11.6 Å². The van der Waals surface area contributed by atoms with Crippen molar-refractivity contribution in [2.45, 2.75) is 12.2 Å². The largest absolute Gasteiger partial charge is 0.503 e. The summed E-state index contributed by atoms with van der Waals surface area (Å²) in [5.74, 6) is -3.68. The van der Waals surface area contributed by atoms with Crippen LogP contribution in [0, 0.1) is 0 Å². The molecule has 2 heterocycles. The van der Waals surface area contributed by atoms with Gasteiger partial charge in [0.15, 0.2) is 23.0 Å². The van der Waals surface area contributed by atoms with Crippen LogP contribution in [0.2, 0.25) is 5.02 Å². The van der Waals surface area contributed by atoms with E-state index in [9.17, 15) is 33.0 Å². The molecule has 0 fully saturated rings. The Morgan fingerprint density at radius 3 is 2.50 bits per heavy atom. The van der Waals surface area contributed by atoms with Gasteiger partial charge < -0.3 is 19.4 Å². The predicted octanol–water partition coefficient (Wildman–Crippen LogP) is 5.45. The molecule has 176 valence electrons. The van der Waals surface area contributed by atoms with Gasteiger partial charge in [-0.25, -0.2) is 0 Å². The van der Waals surface area contributed by atoms with Crippen molar-refractivity contribution >= 4 is 29.0 Å². The van der Waals surface area contributed by atoms with E-state index in [4.69, 9.17) is 20.8 Å². The Morgan fingerprint density at radius 1 is 1.15 bits per heavy atom. The lowest BCUT2D eigenvalue weighted by Gasteiger charge is -2.28. The van der Waals surface area contributed by atoms with Crippen molar-refractivity contribution in [1.82, 2.24) is 0 Å². The van der Waals surface area contributed by atoms with Crippen LogP contribution in [0.25, 0.3) is 0 Å². The summed E-state index contributed by atoms with van der Waals surface area (Å²) < 4.78 is 50.2. The van der Waals surface area contributed by atoms with Gasteiger partial charge >= 0.3 is 6.18 Å². The van der Waals surface area contributed by atoms with Gasteiger partial charge in [-0.1, -0.05) is 17.7 Å². The molecular formula is C23H15ClF3NO6. The van der Waals surface area contributed by atoms with E-state index in [2.05, 4.69) is 0 Å². The normalized spacial score (nSPS) is 16.3. The second-order valence-corrected chi connectivity index (χ2v) is 7.66. The molecule has 0 saturated heterocycles. The van der Waals surface area contributed by atoms with Gasteiger partial charge in [-0.3, -0.25) is 14.5 Å². The zero-order valence-electron chi connectivity index (χ0n) is 17.3. The summed E-state index contributed by atoms with van der Waals surface area (Å²) in [5, 5.41) is 20.6. The molecule has 2 aromatic carbocycles. The van der Waals surface area contributed by atoms with Crippen LogP contribution in [0.4, 0.5) is 18.9 Å². The highest BCUT2D eigenvalue weighted by molar-refractivity contribution is 6.32. The number of methoxy groups -OCH3 is 1. The minimum absolute atomic E-state index is 0.0874. The summed E-state index contributed by atoms with van der Waals surface area (Å²) in [6.45, 7) is 0. The summed E-state index contributed by atoms with van der Waals surface area (Å²) >= 11 is 6.09. The fraction of sp³-hybridized carbons (Fsp3) is 0.130. The molecule has 11 heteroatoms. The maximum atomic E-state index is 13.3. The lowest BCUT2D eigenvalue weighted by atomic mass is 9.94. The molecule has 3 aromatic rings. The topological polar surface area (TPSA) is 100 Å². The molecular weight excluding hydrogens is 479 g/mol. The van der Waals surface area contributed by atoms with Crippen molar-refractivity contribution < 1.29 is 42.1 Å². The maximum absolute atomic E-state index is 13.3. The molecule has 1 aliphatic rings. The van der Waals surface area contributed by atoms with E-state index in [0.29, 0.717) is 0 Å². The fourth-order valence-corrected chi connectivity index (χ4v) is 3.92. The number of amides is 1. The average Bonchev–Trinajstić information content (AvgIpc) is 3.42. The van der Waals surface area contributed by atoms with Gasteiger partial charge in [0.05, 0.1) is 35.6 Å². The molecule has 1 atom stereocenters. The number of halogens is 4. The van der Waals surface area contributed by atoms with Gasteiger partial charge in [0.2, 0.25) is 5.78 Å². The SMILES string of the molecule is COc1cc(C2C(C(=O)c3ccco3)=C(O)C(=O)N2c2cccc(C(F)(F)F)c2)cc(Cl)c1O. The van der Waals surface area contributed by atoms with Gasteiger partial charge in [-0.15, -0.1) is 0 Å².